The number of likely N-dealkylation sites (tertiary alicyclic amines) is 1. The summed E-state index contributed by atoms with van der Waals surface area (Å²) in [6, 6.07) is 0. The van der Waals surface area contributed by atoms with Gasteiger partial charge in [-0.3, -0.25) is 4.90 Å². The molecule has 0 aromatic carbocycles. The summed E-state index contributed by atoms with van der Waals surface area (Å²) in [6.07, 6.45) is 2.06. The highest BCUT2D eigenvalue weighted by atomic mass is 16.7. The largest absolute Gasteiger partial charge is 0.346 e. The summed E-state index contributed by atoms with van der Waals surface area (Å²) in [5, 5.41) is 3.54. The van der Waals surface area contributed by atoms with Crippen molar-refractivity contribution in [1.29, 1.82) is 0 Å². The van der Waals surface area contributed by atoms with Crippen LogP contribution in [0.2, 0.25) is 0 Å². The summed E-state index contributed by atoms with van der Waals surface area (Å²) < 4.78 is 11.3. The summed E-state index contributed by atoms with van der Waals surface area (Å²) in [5.41, 5.74) is 8.19. The van der Waals surface area contributed by atoms with Gasteiger partial charge in [-0.25, -0.2) is 0 Å². The zero-order chi connectivity index (χ0) is 10.6. The van der Waals surface area contributed by atoms with Gasteiger partial charge in [0.15, 0.2) is 5.79 Å². The fourth-order valence-electron chi connectivity index (χ4n) is 2.23. The second-order valence-electron chi connectivity index (χ2n) is 3.94. The quantitative estimate of drug-likeness (QED) is 0.400. The molecule has 0 amide bonds. The first-order valence-corrected chi connectivity index (χ1v) is 5.36. The molecule has 6 heteroatoms. The van der Waals surface area contributed by atoms with Gasteiger partial charge < -0.3 is 9.47 Å². The Balaban J connectivity index is 1.83. The smallest absolute Gasteiger partial charge is 0.181 e. The molecule has 0 atom stereocenters. The van der Waals surface area contributed by atoms with E-state index in [1.54, 1.807) is 0 Å². The Morgan fingerprint density at radius 1 is 1.40 bits per heavy atom. The van der Waals surface area contributed by atoms with Crippen molar-refractivity contribution in [3.05, 3.63) is 10.4 Å². The Labute approximate surface area is 88.8 Å². The van der Waals surface area contributed by atoms with Crippen LogP contribution in [-0.2, 0) is 9.47 Å². The second kappa shape index (κ2) is 4.81. The third kappa shape index (κ3) is 2.60. The van der Waals surface area contributed by atoms with E-state index in [9.17, 15) is 0 Å². The third-order valence-corrected chi connectivity index (χ3v) is 2.89. The van der Waals surface area contributed by atoms with E-state index in [0.717, 1.165) is 32.5 Å². The first-order valence-electron chi connectivity index (χ1n) is 5.36. The molecule has 6 nitrogen and oxygen atoms in total. The Hall–Kier alpha value is -0.810. The molecular formula is C9H16N4O2. The van der Waals surface area contributed by atoms with E-state index in [0.29, 0.717) is 19.8 Å². The van der Waals surface area contributed by atoms with E-state index in [2.05, 4.69) is 14.9 Å². The number of rotatable bonds is 3. The maximum Gasteiger partial charge on any atom is 0.181 e. The molecule has 0 radical (unpaired) electrons. The van der Waals surface area contributed by atoms with Gasteiger partial charge >= 0.3 is 0 Å². The maximum absolute atomic E-state index is 8.19. The molecular weight excluding hydrogens is 196 g/mol. The van der Waals surface area contributed by atoms with Crippen LogP contribution in [0.15, 0.2) is 5.11 Å². The fraction of sp³-hybridized carbons (Fsp3) is 1.00. The predicted molar refractivity (Wildman–Crippen MR) is 54.3 cm³/mol. The number of ether oxygens (including phenoxy) is 2. The maximum atomic E-state index is 8.19. The highest BCUT2D eigenvalue weighted by Gasteiger charge is 2.40. The zero-order valence-corrected chi connectivity index (χ0v) is 8.76. The molecule has 2 heterocycles. The molecule has 2 aliphatic heterocycles. The molecule has 2 rings (SSSR count). The number of nitrogens with zero attached hydrogens (tertiary/aromatic N) is 4. The Morgan fingerprint density at radius 2 is 2.20 bits per heavy atom. The van der Waals surface area contributed by atoms with Gasteiger partial charge in [-0.1, -0.05) is 5.11 Å². The number of piperidine rings is 1. The van der Waals surface area contributed by atoms with Crippen molar-refractivity contribution in [1.82, 2.24) is 4.90 Å². The van der Waals surface area contributed by atoms with E-state index >= 15 is 0 Å². The van der Waals surface area contributed by atoms with Crippen molar-refractivity contribution in [3.63, 3.8) is 0 Å². The minimum atomic E-state index is -0.366. The molecule has 2 fully saturated rings. The van der Waals surface area contributed by atoms with Crippen molar-refractivity contribution < 1.29 is 9.47 Å². The van der Waals surface area contributed by atoms with Crippen LogP contribution in [0.5, 0.6) is 0 Å². The summed E-state index contributed by atoms with van der Waals surface area (Å²) in [5.74, 6) is -0.366. The van der Waals surface area contributed by atoms with Crippen LogP contribution in [0.25, 0.3) is 10.4 Å². The van der Waals surface area contributed by atoms with Crippen molar-refractivity contribution >= 4 is 0 Å². The molecule has 15 heavy (non-hydrogen) atoms. The molecule has 2 saturated heterocycles. The van der Waals surface area contributed by atoms with Crippen molar-refractivity contribution in [2.75, 3.05) is 39.4 Å². The monoisotopic (exact) mass is 212 g/mol. The average molecular weight is 212 g/mol. The molecule has 0 aromatic heterocycles. The third-order valence-electron chi connectivity index (χ3n) is 2.89. The van der Waals surface area contributed by atoms with Crippen LogP contribution in [0.1, 0.15) is 12.8 Å². The Morgan fingerprint density at radius 3 is 2.93 bits per heavy atom. The summed E-state index contributed by atoms with van der Waals surface area (Å²) in [7, 11) is 0. The second-order valence-corrected chi connectivity index (χ2v) is 3.94. The van der Waals surface area contributed by atoms with Gasteiger partial charge in [-0.2, -0.15) is 0 Å². The molecule has 2 aliphatic rings. The van der Waals surface area contributed by atoms with Gasteiger partial charge in [0.05, 0.1) is 19.8 Å². The average Bonchev–Trinajstić information content (AvgIpc) is 2.67. The van der Waals surface area contributed by atoms with Crippen molar-refractivity contribution in [2.24, 2.45) is 5.11 Å². The molecule has 0 saturated carbocycles. The van der Waals surface area contributed by atoms with Crippen LogP contribution in [-0.4, -0.2) is 50.1 Å². The minimum Gasteiger partial charge on any atom is -0.346 e. The van der Waals surface area contributed by atoms with E-state index < -0.39 is 0 Å². The zero-order valence-electron chi connectivity index (χ0n) is 8.76. The predicted octanol–water partition coefficient (Wildman–Crippen LogP) is 1.14. The van der Waals surface area contributed by atoms with Crippen LogP contribution in [0.3, 0.4) is 0 Å². The van der Waals surface area contributed by atoms with Gasteiger partial charge in [0.1, 0.15) is 0 Å². The number of azide groups is 1. The summed E-state index contributed by atoms with van der Waals surface area (Å²) in [6.45, 7) is 4.54. The molecule has 0 N–H and O–H groups in total. The van der Waals surface area contributed by atoms with Crippen LogP contribution in [0.4, 0.5) is 0 Å². The van der Waals surface area contributed by atoms with Crippen LogP contribution >= 0.6 is 0 Å². The molecule has 0 bridgehead atoms. The standard InChI is InChI=1S/C9H16N4O2/c10-12-11-3-5-13-4-1-2-9(8-13)14-6-7-15-9/h1-8H2. The highest BCUT2D eigenvalue weighted by molar-refractivity contribution is 4.83. The SMILES string of the molecule is [N-]=[N+]=NCCN1CCCC2(C1)OCCO2. The Kier molecular flexibility index (Phi) is 3.43. The lowest BCUT2D eigenvalue weighted by molar-refractivity contribution is -0.188. The molecule has 84 valence electrons. The minimum absolute atomic E-state index is 0.366. The molecule has 0 unspecified atom stereocenters. The lowest BCUT2D eigenvalue weighted by atomic mass is 10.0. The number of hydrogen-bond donors (Lipinski definition) is 0. The van der Waals surface area contributed by atoms with Gasteiger partial charge in [0.25, 0.3) is 0 Å². The molecule has 0 aliphatic carbocycles. The van der Waals surface area contributed by atoms with E-state index in [4.69, 9.17) is 15.0 Å². The fourth-order valence-corrected chi connectivity index (χ4v) is 2.23. The van der Waals surface area contributed by atoms with Gasteiger partial charge in [-0.15, -0.1) is 0 Å². The van der Waals surface area contributed by atoms with Crippen LogP contribution < -0.4 is 0 Å². The van der Waals surface area contributed by atoms with Crippen molar-refractivity contribution in [2.45, 2.75) is 18.6 Å². The van der Waals surface area contributed by atoms with Crippen molar-refractivity contribution in [3.8, 4) is 0 Å². The van der Waals surface area contributed by atoms with E-state index in [1.165, 1.54) is 0 Å². The Bertz CT molecular complexity index is 259. The summed E-state index contributed by atoms with van der Waals surface area (Å²) in [4.78, 5) is 4.98. The first kappa shape index (κ1) is 10.7. The lowest BCUT2D eigenvalue weighted by Crippen LogP contribution is -2.49. The van der Waals surface area contributed by atoms with Gasteiger partial charge in [-0.05, 0) is 18.5 Å². The first-order chi connectivity index (χ1) is 7.35. The topological polar surface area (TPSA) is 70.5 Å². The molecule has 1 spiro atoms. The summed E-state index contributed by atoms with van der Waals surface area (Å²) >= 11 is 0. The van der Waals surface area contributed by atoms with Crippen LogP contribution in [0, 0.1) is 0 Å². The van der Waals surface area contributed by atoms with Gasteiger partial charge in [0, 0.05) is 24.4 Å². The highest BCUT2D eigenvalue weighted by Crippen LogP contribution is 2.29. The van der Waals surface area contributed by atoms with E-state index in [1.807, 2.05) is 0 Å². The lowest BCUT2D eigenvalue weighted by Gasteiger charge is -2.38. The molecule has 0 aromatic rings. The van der Waals surface area contributed by atoms with Gasteiger partial charge in [0.2, 0.25) is 0 Å². The normalized spacial score (nSPS) is 25.3. The number of hydrogen-bond acceptors (Lipinski definition) is 4. The van der Waals surface area contributed by atoms with E-state index in [-0.39, 0.29) is 5.79 Å².